The first-order chi connectivity index (χ1) is 14.4. The number of ether oxygens (including phenoxy) is 3. The molecule has 1 amide bonds. The van der Waals surface area contributed by atoms with Gasteiger partial charge in [-0.15, -0.1) is 0 Å². The quantitative estimate of drug-likeness (QED) is 0.560. The number of thiazole rings is 1. The zero-order valence-electron chi connectivity index (χ0n) is 17.6. The zero-order chi connectivity index (χ0) is 21.8. The fraction of sp³-hybridized carbons (Fsp3) is 0.318. The standard InChI is InChI=1S/C22H24N2O5S/c1-6-29-17(25)12-24-18-13(2)10-11-14(3)20(18)30-22(24)23-21(26)15-8-7-9-16(27-4)19(15)28-5/h7-11H,6,12H2,1-5H3. The van der Waals surface area contributed by atoms with E-state index >= 15 is 0 Å². The molecular weight excluding hydrogens is 404 g/mol. The maximum absolute atomic E-state index is 13.0. The Kier molecular flexibility index (Phi) is 6.56. The third-order valence-corrected chi connectivity index (χ3v) is 5.86. The number of carbonyl (C=O) groups is 2. The van der Waals surface area contributed by atoms with Gasteiger partial charge in [-0.2, -0.15) is 4.99 Å². The number of fused-ring (bicyclic) bond motifs is 1. The first kappa shape index (κ1) is 21.6. The van der Waals surface area contributed by atoms with E-state index in [0.717, 1.165) is 21.3 Å². The molecule has 0 aliphatic rings. The van der Waals surface area contributed by atoms with Crippen LogP contribution in [0.25, 0.3) is 10.2 Å². The lowest BCUT2D eigenvalue weighted by Gasteiger charge is -2.10. The second-order valence-electron chi connectivity index (χ2n) is 6.61. The van der Waals surface area contributed by atoms with Crippen LogP contribution in [-0.2, 0) is 16.1 Å². The Hall–Kier alpha value is -3.13. The topological polar surface area (TPSA) is 79.1 Å². The minimum Gasteiger partial charge on any atom is -0.493 e. The molecule has 7 nitrogen and oxygen atoms in total. The van der Waals surface area contributed by atoms with Gasteiger partial charge < -0.3 is 18.8 Å². The van der Waals surface area contributed by atoms with Gasteiger partial charge in [0.1, 0.15) is 6.54 Å². The van der Waals surface area contributed by atoms with Crippen LogP contribution in [0.4, 0.5) is 0 Å². The van der Waals surface area contributed by atoms with Gasteiger partial charge in [-0.25, -0.2) is 0 Å². The number of nitrogens with zero attached hydrogens (tertiary/aromatic N) is 2. The lowest BCUT2D eigenvalue weighted by molar-refractivity contribution is -0.143. The molecule has 3 aromatic rings. The highest BCUT2D eigenvalue weighted by atomic mass is 32.1. The van der Waals surface area contributed by atoms with Crippen molar-refractivity contribution >= 4 is 33.4 Å². The molecule has 0 fully saturated rings. The molecule has 0 radical (unpaired) electrons. The van der Waals surface area contributed by atoms with E-state index in [1.165, 1.54) is 25.6 Å². The number of aromatic nitrogens is 1. The number of para-hydroxylation sites is 1. The van der Waals surface area contributed by atoms with Crippen LogP contribution in [0.3, 0.4) is 0 Å². The highest BCUT2D eigenvalue weighted by molar-refractivity contribution is 7.16. The Balaban J connectivity index is 2.21. The SMILES string of the molecule is CCOC(=O)Cn1c(=NC(=O)c2cccc(OC)c2OC)sc2c(C)ccc(C)c21. The van der Waals surface area contributed by atoms with Crippen molar-refractivity contribution in [3.05, 3.63) is 51.8 Å². The molecular formula is C22H24N2O5S. The lowest BCUT2D eigenvalue weighted by atomic mass is 10.1. The Bertz CT molecular complexity index is 1180. The van der Waals surface area contributed by atoms with Gasteiger partial charge in [0.2, 0.25) is 0 Å². The van der Waals surface area contributed by atoms with Crippen molar-refractivity contribution in [2.24, 2.45) is 4.99 Å². The normalized spacial score (nSPS) is 11.6. The van der Waals surface area contributed by atoms with Gasteiger partial charge >= 0.3 is 5.97 Å². The summed E-state index contributed by atoms with van der Waals surface area (Å²) >= 11 is 1.37. The number of methoxy groups -OCH3 is 2. The Labute approximate surface area is 178 Å². The van der Waals surface area contributed by atoms with Gasteiger partial charge in [-0.3, -0.25) is 9.59 Å². The highest BCUT2D eigenvalue weighted by Gasteiger charge is 2.19. The molecule has 0 atom stereocenters. The van der Waals surface area contributed by atoms with Crippen molar-refractivity contribution < 1.29 is 23.8 Å². The fourth-order valence-corrected chi connectivity index (χ4v) is 4.42. The monoisotopic (exact) mass is 428 g/mol. The van der Waals surface area contributed by atoms with E-state index in [9.17, 15) is 9.59 Å². The second-order valence-corrected chi connectivity index (χ2v) is 7.59. The number of carbonyl (C=O) groups excluding carboxylic acids is 2. The molecule has 0 bridgehead atoms. The smallest absolute Gasteiger partial charge is 0.326 e. The van der Waals surface area contributed by atoms with Crippen LogP contribution in [-0.4, -0.2) is 37.3 Å². The van der Waals surface area contributed by atoms with Crippen LogP contribution in [0.1, 0.15) is 28.4 Å². The highest BCUT2D eigenvalue weighted by Crippen LogP contribution is 2.31. The van der Waals surface area contributed by atoms with Gasteiger partial charge in [0.15, 0.2) is 16.3 Å². The molecule has 0 unspecified atom stereocenters. The Morgan fingerprint density at radius 1 is 1.07 bits per heavy atom. The maximum atomic E-state index is 13.0. The molecule has 0 spiro atoms. The molecule has 30 heavy (non-hydrogen) atoms. The summed E-state index contributed by atoms with van der Waals surface area (Å²) in [7, 11) is 2.98. The van der Waals surface area contributed by atoms with Crippen molar-refractivity contribution in [1.82, 2.24) is 4.57 Å². The van der Waals surface area contributed by atoms with Gasteiger partial charge in [0.25, 0.3) is 5.91 Å². The Morgan fingerprint density at radius 3 is 2.47 bits per heavy atom. The third kappa shape index (κ3) is 4.09. The summed E-state index contributed by atoms with van der Waals surface area (Å²) in [6, 6.07) is 9.05. The largest absolute Gasteiger partial charge is 0.493 e. The summed E-state index contributed by atoms with van der Waals surface area (Å²) in [5.41, 5.74) is 3.19. The Morgan fingerprint density at radius 2 is 1.80 bits per heavy atom. The number of hydrogen-bond donors (Lipinski definition) is 0. The minimum absolute atomic E-state index is 0.0283. The lowest BCUT2D eigenvalue weighted by Crippen LogP contribution is -2.23. The third-order valence-electron chi connectivity index (χ3n) is 4.65. The number of esters is 1. The van der Waals surface area contributed by atoms with Crippen molar-refractivity contribution in [3.8, 4) is 11.5 Å². The molecule has 8 heteroatoms. The minimum atomic E-state index is -0.481. The van der Waals surface area contributed by atoms with Crippen molar-refractivity contribution in [1.29, 1.82) is 0 Å². The van der Waals surface area contributed by atoms with Crippen LogP contribution >= 0.6 is 11.3 Å². The predicted molar refractivity (Wildman–Crippen MR) is 115 cm³/mol. The first-order valence-electron chi connectivity index (χ1n) is 9.46. The molecule has 158 valence electrons. The number of aryl methyl sites for hydroxylation is 2. The van der Waals surface area contributed by atoms with Crippen molar-refractivity contribution in [2.45, 2.75) is 27.3 Å². The van der Waals surface area contributed by atoms with E-state index in [2.05, 4.69) is 4.99 Å². The number of amides is 1. The molecule has 3 rings (SSSR count). The molecule has 1 aromatic heterocycles. The molecule has 1 heterocycles. The molecule has 0 aliphatic heterocycles. The van der Waals surface area contributed by atoms with Gasteiger partial charge in [-0.05, 0) is 44.0 Å². The average Bonchev–Trinajstić information content (AvgIpc) is 3.09. The second kappa shape index (κ2) is 9.13. The maximum Gasteiger partial charge on any atom is 0.326 e. The van der Waals surface area contributed by atoms with E-state index < -0.39 is 5.91 Å². The average molecular weight is 429 g/mol. The molecule has 2 aromatic carbocycles. The number of hydrogen-bond acceptors (Lipinski definition) is 6. The molecule has 0 saturated heterocycles. The fourth-order valence-electron chi connectivity index (χ4n) is 3.24. The number of rotatable bonds is 6. The zero-order valence-corrected chi connectivity index (χ0v) is 18.5. The van der Waals surface area contributed by atoms with E-state index in [4.69, 9.17) is 14.2 Å². The van der Waals surface area contributed by atoms with Crippen LogP contribution < -0.4 is 14.3 Å². The summed E-state index contributed by atoms with van der Waals surface area (Å²) in [4.78, 5) is 30.1. The summed E-state index contributed by atoms with van der Waals surface area (Å²) in [5, 5.41) is 0. The van der Waals surface area contributed by atoms with Crippen LogP contribution in [0.15, 0.2) is 35.3 Å². The predicted octanol–water partition coefficient (Wildman–Crippen LogP) is 3.64. The van der Waals surface area contributed by atoms with Crippen LogP contribution in [0.5, 0.6) is 11.5 Å². The summed E-state index contributed by atoms with van der Waals surface area (Å²) < 4.78 is 18.5. The van der Waals surface area contributed by atoms with Gasteiger partial charge in [-0.1, -0.05) is 29.5 Å². The van der Waals surface area contributed by atoms with E-state index in [1.54, 1.807) is 29.7 Å². The van der Waals surface area contributed by atoms with Crippen LogP contribution in [0, 0.1) is 13.8 Å². The van der Waals surface area contributed by atoms with E-state index in [0.29, 0.717) is 16.3 Å². The van der Waals surface area contributed by atoms with Crippen LogP contribution in [0.2, 0.25) is 0 Å². The molecule has 0 saturated carbocycles. The first-order valence-corrected chi connectivity index (χ1v) is 10.3. The van der Waals surface area contributed by atoms with Crippen molar-refractivity contribution in [3.63, 3.8) is 0 Å². The van der Waals surface area contributed by atoms with E-state index in [-0.39, 0.29) is 24.7 Å². The molecule has 0 N–H and O–H groups in total. The summed E-state index contributed by atoms with van der Waals surface area (Å²) in [6.45, 7) is 5.97. The number of benzene rings is 2. The summed E-state index contributed by atoms with van der Waals surface area (Å²) in [6.07, 6.45) is 0. The summed E-state index contributed by atoms with van der Waals surface area (Å²) in [5.74, 6) is -0.101. The van der Waals surface area contributed by atoms with Gasteiger partial charge in [0.05, 0.1) is 36.6 Å². The van der Waals surface area contributed by atoms with Crippen molar-refractivity contribution in [2.75, 3.05) is 20.8 Å². The van der Waals surface area contributed by atoms with Gasteiger partial charge in [0, 0.05) is 0 Å². The van der Waals surface area contributed by atoms with E-state index in [1.807, 2.05) is 26.0 Å². The molecule has 0 aliphatic carbocycles.